The molecule has 0 atom stereocenters. The van der Waals surface area contributed by atoms with Gasteiger partial charge in [0.1, 0.15) is 0 Å². The molecule has 0 spiro atoms. The molecular weight excluding hydrogens is 276 g/mol. The molecule has 1 aromatic carbocycles. The highest BCUT2D eigenvalue weighted by molar-refractivity contribution is 9.10. The Kier molecular flexibility index (Phi) is 3.73. The van der Waals surface area contributed by atoms with Gasteiger partial charge in [0.2, 0.25) is 0 Å². The Bertz CT molecular complexity index is 442. The van der Waals surface area contributed by atoms with E-state index in [4.69, 9.17) is 5.26 Å². The summed E-state index contributed by atoms with van der Waals surface area (Å²) in [4.78, 5) is 0. The van der Waals surface area contributed by atoms with Crippen molar-refractivity contribution in [1.82, 2.24) is 0 Å². The number of hydrogen-bond donors (Lipinski definition) is 1. The molecule has 1 aliphatic rings. The second kappa shape index (κ2) is 5.10. The third kappa shape index (κ3) is 3.01. The van der Waals surface area contributed by atoms with Gasteiger partial charge in [-0.25, -0.2) is 0 Å². The van der Waals surface area contributed by atoms with Crippen molar-refractivity contribution in [2.45, 2.75) is 32.6 Å². The maximum absolute atomic E-state index is 8.81. The number of halogens is 1. The van der Waals surface area contributed by atoms with Crippen molar-refractivity contribution in [3.63, 3.8) is 0 Å². The van der Waals surface area contributed by atoms with Gasteiger partial charge in [-0.3, -0.25) is 0 Å². The van der Waals surface area contributed by atoms with Crippen molar-refractivity contribution < 1.29 is 0 Å². The highest BCUT2D eigenvalue weighted by Gasteiger charge is 2.28. The minimum Gasteiger partial charge on any atom is -0.384 e. The quantitative estimate of drug-likeness (QED) is 0.901. The molecule has 1 aliphatic carbocycles. The van der Waals surface area contributed by atoms with Crippen LogP contribution in [0.15, 0.2) is 22.7 Å². The van der Waals surface area contributed by atoms with Crippen LogP contribution in [0.2, 0.25) is 0 Å². The molecule has 0 heterocycles. The largest absolute Gasteiger partial charge is 0.384 e. The van der Waals surface area contributed by atoms with Crippen LogP contribution in [0.1, 0.15) is 38.2 Å². The Morgan fingerprint density at radius 2 is 2.12 bits per heavy atom. The summed E-state index contributed by atoms with van der Waals surface area (Å²) in [5.41, 5.74) is 2.21. The van der Waals surface area contributed by atoms with E-state index in [2.05, 4.69) is 34.2 Å². The van der Waals surface area contributed by atoms with Gasteiger partial charge >= 0.3 is 0 Å². The number of nitrogens with one attached hydrogen (secondary N) is 1. The first kappa shape index (κ1) is 12.4. The molecule has 0 unspecified atom stereocenters. The summed E-state index contributed by atoms with van der Waals surface area (Å²) >= 11 is 3.50. The summed E-state index contributed by atoms with van der Waals surface area (Å²) in [5.74, 6) is 0. The molecule has 17 heavy (non-hydrogen) atoms. The highest BCUT2D eigenvalue weighted by Crippen LogP contribution is 2.38. The fourth-order valence-corrected chi connectivity index (χ4v) is 2.96. The number of rotatable bonds is 3. The lowest BCUT2D eigenvalue weighted by Crippen LogP contribution is -2.23. The van der Waals surface area contributed by atoms with E-state index < -0.39 is 0 Å². The Labute approximate surface area is 111 Å². The summed E-state index contributed by atoms with van der Waals surface area (Å²) in [6.45, 7) is 3.36. The van der Waals surface area contributed by atoms with E-state index >= 15 is 0 Å². The molecule has 1 aromatic rings. The lowest BCUT2D eigenvalue weighted by molar-refractivity contribution is 0.362. The normalized spacial score (nSPS) is 17.7. The number of benzene rings is 1. The number of nitriles is 1. The van der Waals surface area contributed by atoms with Crippen molar-refractivity contribution in [2.75, 3.05) is 11.9 Å². The van der Waals surface area contributed by atoms with E-state index in [0.29, 0.717) is 11.0 Å². The summed E-state index contributed by atoms with van der Waals surface area (Å²) in [6, 6.07) is 7.83. The topological polar surface area (TPSA) is 35.8 Å². The fourth-order valence-electron chi connectivity index (χ4n) is 2.44. The molecule has 2 nitrogen and oxygen atoms in total. The van der Waals surface area contributed by atoms with Gasteiger partial charge in [0.05, 0.1) is 11.6 Å². The van der Waals surface area contributed by atoms with Crippen LogP contribution in [0, 0.1) is 16.7 Å². The van der Waals surface area contributed by atoms with Crippen molar-refractivity contribution in [3.8, 4) is 6.07 Å². The second-order valence-corrected chi connectivity index (χ2v) is 6.03. The van der Waals surface area contributed by atoms with E-state index in [9.17, 15) is 0 Å². The van der Waals surface area contributed by atoms with Crippen LogP contribution < -0.4 is 5.32 Å². The van der Waals surface area contributed by atoms with Crippen molar-refractivity contribution in [1.29, 1.82) is 5.26 Å². The SMILES string of the molecule is CC1(CNc2ccc(C#N)cc2Br)CCCC1. The smallest absolute Gasteiger partial charge is 0.0992 e. The third-order valence-corrected chi connectivity index (χ3v) is 4.27. The van der Waals surface area contributed by atoms with E-state index in [1.165, 1.54) is 25.7 Å². The van der Waals surface area contributed by atoms with Crippen LogP contribution in [0.3, 0.4) is 0 Å². The molecule has 0 saturated heterocycles. The van der Waals surface area contributed by atoms with Gasteiger partial charge < -0.3 is 5.32 Å². The average molecular weight is 293 g/mol. The molecule has 1 N–H and O–H groups in total. The molecule has 1 fully saturated rings. The molecule has 0 aromatic heterocycles. The van der Waals surface area contributed by atoms with Gasteiger partial charge in [-0.1, -0.05) is 19.8 Å². The molecule has 0 aliphatic heterocycles. The fraction of sp³-hybridized carbons (Fsp3) is 0.500. The van der Waals surface area contributed by atoms with E-state index in [1.807, 2.05) is 18.2 Å². The standard InChI is InChI=1S/C14H17BrN2/c1-14(6-2-3-7-14)10-17-13-5-4-11(9-16)8-12(13)15/h4-5,8,17H,2-3,6-7,10H2,1H3. The number of anilines is 1. The zero-order valence-electron chi connectivity index (χ0n) is 10.1. The van der Waals surface area contributed by atoms with Crippen LogP contribution >= 0.6 is 15.9 Å². The van der Waals surface area contributed by atoms with Gasteiger partial charge in [-0.15, -0.1) is 0 Å². The first-order valence-electron chi connectivity index (χ1n) is 6.06. The Balaban J connectivity index is 2.02. The van der Waals surface area contributed by atoms with Crippen molar-refractivity contribution in [2.24, 2.45) is 5.41 Å². The number of hydrogen-bond acceptors (Lipinski definition) is 2. The Morgan fingerprint density at radius 3 is 2.71 bits per heavy atom. The van der Waals surface area contributed by atoms with Gasteiger partial charge in [-0.05, 0) is 52.4 Å². The van der Waals surface area contributed by atoms with Crippen LogP contribution in [0.25, 0.3) is 0 Å². The minimum absolute atomic E-state index is 0.438. The van der Waals surface area contributed by atoms with Crippen LogP contribution in [-0.4, -0.2) is 6.54 Å². The second-order valence-electron chi connectivity index (χ2n) is 5.18. The third-order valence-electron chi connectivity index (χ3n) is 3.61. The monoisotopic (exact) mass is 292 g/mol. The molecule has 0 bridgehead atoms. The maximum Gasteiger partial charge on any atom is 0.0992 e. The van der Waals surface area contributed by atoms with Gasteiger partial charge in [0, 0.05) is 16.7 Å². The number of nitrogens with zero attached hydrogens (tertiary/aromatic N) is 1. The molecule has 0 amide bonds. The average Bonchev–Trinajstić information content (AvgIpc) is 2.75. The van der Waals surface area contributed by atoms with Gasteiger partial charge in [0.15, 0.2) is 0 Å². The summed E-state index contributed by atoms with van der Waals surface area (Å²) < 4.78 is 0.971. The molecule has 2 rings (SSSR count). The molecule has 90 valence electrons. The van der Waals surface area contributed by atoms with E-state index in [1.54, 1.807) is 0 Å². The molecule has 3 heteroatoms. The zero-order chi connectivity index (χ0) is 12.3. The summed E-state index contributed by atoms with van der Waals surface area (Å²) in [6.07, 6.45) is 5.33. The Morgan fingerprint density at radius 1 is 1.41 bits per heavy atom. The summed E-state index contributed by atoms with van der Waals surface area (Å²) in [7, 11) is 0. The molecule has 0 radical (unpaired) electrons. The molecule has 1 saturated carbocycles. The zero-order valence-corrected chi connectivity index (χ0v) is 11.7. The van der Waals surface area contributed by atoms with Crippen LogP contribution in [0.5, 0.6) is 0 Å². The highest BCUT2D eigenvalue weighted by atomic mass is 79.9. The van der Waals surface area contributed by atoms with Crippen LogP contribution in [-0.2, 0) is 0 Å². The minimum atomic E-state index is 0.438. The predicted molar refractivity (Wildman–Crippen MR) is 73.9 cm³/mol. The van der Waals surface area contributed by atoms with Crippen molar-refractivity contribution in [3.05, 3.63) is 28.2 Å². The Hall–Kier alpha value is -1.01. The van der Waals surface area contributed by atoms with Crippen LogP contribution in [0.4, 0.5) is 5.69 Å². The van der Waals surface area contributed by atoms with E-state index in [0.717, 1.165) is 16.7 Å². The van der Waals surface area contributed by atoms with Crippen molar-refractivity contribution >= 4 is 21.6 Å². The first-order chi connectivity index (χ1) is 8.13. The van der Waals surface area contributed by atoms with E-state index in [-0.39, 0.29) is 0 Å². The lowest BCUT2D eigenvalue weighted by Gasteiger charge is -2.24. The van der Waals surface area contributed by atoms with Gasteiger partial charge in [-0.2, -0.15) is 5.26 Å². The summed E-state index contributed by atoms with van der Waals surface area (Å²) in [5, 5.41) is 12.3. The first-order valence-corrected chi connectivity index (χ1v) is 6.86. The molecular formula is C14H17BrN2. The maximum atomic E-state index is 8.81. The predicted octanol–water partition coefficient (Wildman–Crippen LogP) is 4.31. The van der Waals surface area contributed by atoms with Gasteiger partial charge in [0.25, 0.3) is 0 Å². The lowest BCUT2D eigenvalue weighted by atomic mass is 9.89.